The first-order valence-corrected chi connectivity index (χ1v) is 9.86. The second-order valence-electron chi connectivity index (χ2n) is 6.88. The van der Waals surface area contributed by atoms with Crippen molar-refractivity contribution in [3.05, 3.63) is 38.5 Å². The van der Waals surface area contributed by atoms with E-state index in [1.54, 1.807) is 22.7 Å². The van der Waals surface area contributed by atoms with Crippen molar-refractivity contribution in [3.63, 3.8) is 0 Å². The molecule has 2 aromatic rings. The van der Waals surface area contributed by atoms with Crippen LogP contribution in [0.3, 0.4) is 0 Å². The summed E-state index contributed by atoms with van der Waals surface area (Å²) in [6, 6.07) is 2.20. The second kappa shape index (κ2) is 6.00. The number of aryl methyl sites for hydroxylation is 1. The van der Waals surface area contributed by atoms with Gasteiger partial charge < -0.3 is 4.90 Å². The van der Waals surface area contributed by atoms with Gasteiger partial charge in [-0.2, -0.15) is 11.3 Å². The molecule has 4 heterocycles. The third kappa shape index (κ3) is 3.20. The molecule has 1 spiro atoms. The monoisotopic (exact) mass is 347 g/mol. The molecule has 0 aliphatic carbocycles. The number of nitrogens with zero attached hydrogens (tertiary/aromatic N) is 3. The molecular weight excluding hydrogens is 326 g/mol. The van der Waals surface area contributed by atoms with Crippen molar-refractivity contribution in [2.45, 2.75) is 32.9 Å². The molecule has 0 N–H and O–H groups in total. The summed E-state index contributed by atoms with van der Waals surface area (Å²) in [4.78, 5) is 21.5. The zero-order chi connectivity index (χ0) is 15.9. The quantitative estimate of drug-likeness (QED) is 0.852. The average Bonchev–Trinajstić information content (AvgIpc) is 3.26. The highest BCUT2D eigenvalue weighted by Gasteiger charge is 2.47. The van der Waals surface area contributed by atoms with Gasteiger partial charge >= 0.3 is 0 Å². The Morgan fingerprint density at radius 2 is 2.22 bits per heavy atom. The van der Waals surface area contributed by atoms with E-state index in [0.717, 1.165) is 43.3 Å². The lowest BCUT2D eigenvalue weighted by molar-refractivity contribution is -0.128. The van der Waals surface area contributed by atoms with Crippen molar-refractivity contribution in [3.8, 4) is 0 Å². The van der Waals surface area contributed by atoms with E-state index in [4.69, 9.17) is 0 Å². The summed E-state index contributed by atoms with van der Waals surface area (Å²) >= 11 is 3.41. The van der Waals surface area contributed by atoms with Crippen LogP contribution in [0.1, 0.15) is 29.1 Å². The lowest BCUT2D eigenvalue weighted by Crippen LogP contribution is -2.31. The summed E-state index contributed by atoms with van der Waals surface area (Å²) in [6.07, 6.45) is 1.84. The third-order valence-corrected chi connectivity index (χ3v) is 6.48. The molecule has 2 saturated heterocycles. The first-order valence-electron chi connectivity index (χ1n) is 8.04. The van der Waals surface area contributed by atoms with E-state index in [2.05, 4.69) is 32.1 Å². The molecule has 2 aliphatic heterocycles. The van der Waals surface area contributed by atoms with Crippen LogP contribution >= 0.6 is 22.7 Å². The maximum absolute atomic E-state index is 12.5. The summed E-state index contributed by atoms with van der Waals surface area (Å²) in [6.45, 7) is 6.75. The first-order chi connectivity index (χ1) is 11.1. The van der Waals surface area contributed by atoms with Crippen LogP contribution in [0.5, 0.6) is 0 Å². The molecule has 4 rings (SSSR count). The Kier molecular flexibility index (Phi) is 3.99. The van der Waals surface area contributed by atoms with Gasteiger partial charge in [-0.15, -0.1) is 11.3 Å². The Labute approximate surface area is 144 Å². The summed E-state index contributed by atoms with van der Waals surface area (Å²) in [5.74, 6) is 0.299. The summed E-state index contributed by atoms with van der Waals surface area (Å²) < 4.78 is 0. The largest absolute Gasteiger partial charge is 0.336 e. The highest BCUT2D eigenvalue weighted by Crippen LogP contribution is 2.41. The van der Waals surface area contributed by atoms with E-state index in [-0.39, 0.29) is 5.41 Å². The smallest absolute Gasteiger partial charge is 0.223 e. The van der Waals surface area contributed by atoms with Crippen LogP contribution in [0.15, 0.2) is 22.2 Å². The zero-order valence-corrected chi connectivity index (χ0v) is 15.0. The molecule has 23 heavy (non-hydrogen) atoms. The van der Waals surface area contributed by atoms with Gasteiger partial charge in [-0.25, -0.2) is 4.98 Å². The topological polar surface area (TPSA) is 36.4 Å². The number of thiazole rings is 1. The summed E-state index contributed by atoms with van der Waals surface area (Å²) in [7, 11) is 0. The van der Waals surface area contributed by atoms with Crippen molar-refractivity contribution in [1.82, 2.24) is 14.8 Å². The molecule has 1 atom stereocenters. The normalized spacial score (nSPS) is 25.1. The molecule has 4 nitrogen and oxygen atoms in total. The van der Waals surface area contributed by atoms with E-state index in [9.17, 15) is 4.79 Å². The lowest BCUT2D eigenvalue weighted by Gasteiger charge is -2.24. The number of aromatic nitrogens is 1. The SMILES string of the molecule is Cc1nc(CN2CC3(CCN(Cc4ccsc4)C3)CC2=O)cs1. The molecule has 6 heteroatoms. The minimum absolute atomic E-state index is 0.165. The Morgan fingerprint density at radius 3 is 2.96 bits per heavy atom. The highest BCUT2D eigenvalue weighted by molar-refractivity contribution is 7.09. The number of rotatable bonds is 4. The molecule has 1 amide bonds. The molecule has 0 bridgehead atoms. The molecule has 2 aliphatic rings. The number of thiophene rings is 1. The van der Waals surface area contributed by atoms with Crippen molar-refractivity contribution < 1.29 is 4.79 Å². The van der Waals surface area contributed by atoms with Gasteiger partial charge in [-0.05, 0) is 42.3 Å². The maximum atomic E-state index is 12.5. The van der Waals surface area contributed by atoms with Crippen molar-refractivity contribution in [2.24, 2.45) is 5.41 Å². The molecule has 2 aromatic heterocycles. The summed E-state index contributed by atoms with van der Waals surface area (Å²) in [5, 5.41) is 7.51. The zero-order valence-electron chi connectivity index (χ0n) is 13.3. The van der Waals surface area contributed by atoms with Crippen LogP contribution in [0.25, 0.3) is 0 Å². The van der Waals surface area contributed by atoms with Gasteiger partial charge in [0.2, 0.25) is 5.91 Å². The predicted octanol–water partition coefficient (Wildman–Crippen LogP) is 3.14. The molecule has 2 fully saturated rings. The van der Waals surface area contributed by atoms with Gasteiger partial charge in [0, 0.05) is 36.9 Å². The number of hydrogen-bond donors (Lipinski definition) is 0. The van der Waals surface area contributed by atoms with Crippen molar-refractivity contribution in [2.75, 3.05) is 19.6 Å². The molecule has 122 valence electrons. The minimum atomic E-state index is 0.165. The fraction of sp³-hybridized carbons (Fsp3) is 0.529. The van der Waals surface area contributed by atoms with E-state index in [1.165, 1.54) is 5.56 Å². The Hall–Kier alpha value is -1.24. The minimum Gasteiger partial charge on any atom is -0.336 e. The van der Waals surface area contributed by atoms with Crippen LogP contribution in [0.2, 0.25) is 0 Å². The van der Waals surface area contributed by atoms with Gasteiger partial charge in [0.05, 0.1) is 17.2 Å². The molecule has 1 unspecified atom stereocenters. The van der Waals surface area contributed by atoms with Gasteiger partial charge in [0.25, 0.3) is 0 Å². The Morgan fingerprint density at radius 1 is 1.30 bits per heavy atom. The lowest BCUT2D eigenvalue weighted by atomic mass is 9.86. The molecule has 0 aromatic carbocycles. The van der Waals surface area contributed by atoms with Crippen molar-refractivity contribution in [1.29, 1.82) is 0 Å². The molecular formula is C17H21N3OS2. The van der Waals surface area contributed by atoms with E-state index in [0.29, 0.717) is 18.9 Å². The van der Waals surface area contributed by atoms with Gasteiger partial charge in [-0.1, -0.05) is 0 Å². The third-order valence-electron chi connectivity index (χ3n) is 4.93. The van der Waals surface area contributed by atoms with E-state index in [1.807, 2.05) is 11.8 Å². The maximum Gasteiger partial charge on any atom is 0.223 e. The van der Waals surface area contributed by atoms with Crippen LogP contribution in [0, 0.1) is 12.3 Å². The Bertz CT molecular complexity index is 697. The van der Waals surface area contributed by atoms with Gasteiger partial charge in [0.1, 0.15) is 0 Å². The average molecular weight is 348 g/mol. The Balaban J connectivity index is 1.39. The second-order valence-corrected chi connectivity index (χ2v) is 8.72. The molecule has 0 radical (unpaired) electrons. The standard InChI is InChI=1S/C17H21N3OS2/c1-13-18-15(10-23-13)8-20-12-17(6-16(20)21)3-4-19(11-17)7-14-2-5-22-9-14/h2,5,9-10H,3-4,6-8,11-12H2,1H3. The van der Waals surface area contributed by atoms with Crippen LogP contribution in [-0.2, 0) is 17.9 Å². The number of carbonyl (C=O) groups excluding carboxylic acids is 1. The fourth-order valence-corrected chi connectivity index (χ4v) is 5.14. The van der Waals surface area contributed by atoms with Crippen molar-refractivity contribution >= 4 is 28.6 Å². The predicted molar refractivity (Wildman–Crippen MR) is 93.5 cm³/mol. The summed E-state index contributed by atoms with van der Waals surface area (Å²) in [5.41, 5.74) is 2.59. The fourth-order valence-electron chi connectivity index (χ4n) is 3.88. The van der Waals surface area contributed by atoms with Crippen LogP contribution in [0.4, 0.5) is 0 Å². The van der Waals surface area contributed by atoms with E-state index >= 15 is 0 Å². The molecule has 0 saturated carbocycles. The number of likely N-dealkylation sites (tertiary alicyclic amines) is 2. The number of amides is 1. The highest BCUT2D eigenvalue weighted by atomic mass is 32.1. The van der Waals surface area contributed by atoms with Gasteiger partial charge in [-0.3, -0.25) is 9.69 Å². The number of carbonyl (C=O) groups is 1. The number of hydrogen-bond acceptors (Lipinski definition) is 5. The van der Waals surface area contributed by atoms with E-state index < -0.39 is 0 Å². The van der Waals surface area contributed by atoms with Crippen LogP contribution < -0.4 is 0 Å². The van der Waals surface area contributed by atoms with Gasteiger partial charge in [0.15, 0.2) is 0 Å². The van der Waals surface area contributed by atoms with Crippen LogP contribution in [-0.4, -0.2) is 40.3 Å². The first kappa shape index (κ1) is 15.3.